The fourth-order valence-corrected chi connectivity index (χ4v) is 2.48. The maximum Gasteiger partial charge on any atom is 0.317 e. The highest BCUT2D eigenvalue weighted by molar-refractivity contribution is 5.75. The van der Waals surface area contributed by atoms with Gasteiger partial charge in [0, 0.05) is 19.7 Å². The van der Waals surface area contributed by atoms with Crippen LogP contribution in [0.2, 0.25) is 0 Å². The lowest BCUT2D eigenvalue weighted by molar-refractivity contribution is 0.146. The molecule has 0 bridgehead atoms. The van der Waals surface area contributed by atoms with Crippen LogP contribution in [0.1, 0.15) is 33.1 Å². The van der Waals surface area contributed by atoms with Gasteiger partial charge in [-0.3, -0.25) is 0 Å². The molecule has 4 nitrogen and oxygen atoms in total. The number of amides is 2. The summed E-state index contributed by atoms with van der Waals surface area (Å²) in [5, 5.41) is 3.11. The Hall–Kier alpha value is -0.770. The van der Waals surface area contributed by atoms with Gasteiger partial charge in [0.05, 0.1) is 12.1 Å². The van der Waals surface area contributed by atoms with Crippen molar-refractivity contribution in [2.45, 2.75) is 38.6 Å². The Morgan fingerprint density at radius 1 is 1.56 bits per heavy atom. The molecule has 2 heterocycles. The van der Waals surface area contributed by atoms with Gasteiger partial charge in [0.15, 0.2) is 0 Å². The first-order chi connectivity index (χ1) is 7.59. The van der Waals surface area contributed by atoms with Gasteiger partial charge in [-0.1, -0.05) is 6.92 Å². The summed E-state index contributed by atoms with van der Waals surface area (Å²) in [5.41, 5.74) is -0.155. The minimum absolute atomic E-state index is 0.0829. The summed E-state index contributed by atoms with van der Waals surface area (Å²) in [4.78, 5) is 14.0. The number of piperidine rings is 1. The Bertz CT molecular complexity index is 262. The zero-order chi connectivity index (χ0) is 11.6. The van der Waals surface area contributed by atoms with Gasteiger partial charge in [0.2, 0.25) is 0 Å². The predicted octanol–water partition coefficient (Wildman–Crippen LogP) is 1.61. The van der Waals surface area contributed by atoms with E-state index in [1.165, 1.54) is 6.42 Å². The number of hydrogen-bond acceptors (Lipinski definition) is 2. The van der Waals surface area contributed by atoms with E-state index in [0.717, 1.165) is 32.5 Å². The molecular weight excluding hydrogens is 204 g/mol. The maximum absolute atomic E-state index is 12.1. The van der Waals surface area contributed by atoms with Gasteiger partial charge in [-0.25, -0.2) is 4.79 Å². The van der Waals surface area contributed by atoms with Crippen molar-refractivity contribution in [3.63, 3.8) is 0 Å². The second-order valence-corrected chi connectivity index (χ2v) is 5.49. The Morgan fingerprint density at radius 2 is 2.38 bits per heavy atom. The summed E-state index contributed by atoms with van der Waals surface area (Å²) in [7, 11) is 0. The minimum Gasteiger partial charge on any atom is -0.379 e. The number of carbonyl (C=O) groups is 1. The zero-order valence-electron chi connectivity index (χ0n) is 10.3. The van der Waals surface area contributed by atoms with Crippen LogP contribution >= 0.6 is 0 Å². The molecule has 0 aliphatic carbocycles. The average molecular weight is 226 g/mol. The Labute approximate surface area is 97.3 Å². The van der Waals surface area contributed by atoms with Crippen LogP contribution in [0.5, 0.6) is 0 Å². The number of ether oxygens (including phenoxy) is 1. The third-order valence-corrected chi connectivity index (χ3v) is 3.57. The molecule has 2 fully saturated rings. The van der Waals surface area contributed by atoms with Crippen molar-refractivity contribution < 1.29 is 9.53 Å². The molecule has 2 amide bonds. The summed E-state index contributed by atoms with van der Waals surface area (Å²) in [5.74, 6) is 0.632. The molecule has 0 radical (unpaired) electrons. The maximum atomic E-state index is 12.1. The number of hydrogen-bond donors (Lipinski definition) is 1. The van der Waals surface area contributed by atoms with Crippen molar-refractivity contribution in [3.8, 4) is 0 Å². The molecule has 2 aliphatic rings. The molecule has 2 unspecified atom stereocenters. The van der Waals surface area contributed by atoms with Gasteiger partial charge in [-0.15, -0.1) is 0 Å². The highest BCUT2D eigenvalue weighted by Crippen LogP contribution is 2.20. The smallest absolute Gasteiger partial charge is 0.317 e. The third kappa shape index (κ3) is 2.67. The fraction of sp³-hybridized carbons (Fsp3) is 0.917. The van der Waals surface area contributed by atoms with Gasteiger partial charge in [0.25, 0.3) is 0 Å². The number of likely N-dealkylation sites (tertiary alicyclic amines) is 1. The van der Waals surface area contributed by atoms with Gasteiger partial charge < -0.3 is 15.0 Å². The number of carbonyl (C=O) groups excluding carboxylic acids is 1. The second kappa shape index (κ2) is 4.62. The number of urea groups is 1. The van der Waals surface area contributed by atoms with Gasteiger partial charge in [0.1, 0.15) is 0 Å². The van der Waals surface area contributed by atoms with Gasteiger partial charge >= 0.3 is 6.03 Å². The lowest BCUT2D eigenvalue weighted by Gasteiger charge is -2.34. The van der Waals surface area contributed by atoms with Gasteiger partial charge in [-0.2, -0.15) is 0 Å². The topological polar surface area (TPSA) is 41.6 Å². The summed E-state index contributed by atoms with van der Waals surface area (Å²) in [6.45, 7) is 7.45. The first-order valence-corrected chi connectivity index (χ1v) is 6.24. The molecule has 92 valence electrons. The molecule has 2 saturated heterocycles. The monoisotopic (exact) mass is 226 g/mol. The fourth-order valence-electron chi connectivity index (χ4n) is 2.48. The van der Waals surface area contributed by atoms with E-state index in [0.29, 0.717) is 12.5 Å². The standard InChI is InChI=1S/C12H22N2O2/c1-10-4-3-6-14(8-10)11(15)13-12(2)5-7-16-9-12/h10H,3-9H2,1-2H3,(H,13,15). The minimum atomic E-state index is -0.155. The second-order valence-electron chi connectivity index (χ2n) is 5.49. The molecule has 0 aromatic heterocycles. The molecule has 2 rings (SSSR count). The SMILES string of the molecule is CC1CCCN(C(=O)NC2(C)CCOC2)C1. The molecule has 0 aromatic rings. The lowest BCUT2D eigenvalue weighted by atomic mass is 10.00. The molecule has 0 saturated carbocycles. The van der Waals surface area contributed by atoms with E-state index in [2.05, 4.69) is 19.2 Å². The van der Waals surface area contributed by atoms with Crippen LogP contribution in [0.3, 0.4) is 0 Å². The number of nitrogens with zero attached hydrogens (tertiary/aromatic N) is 1. The van der Waals surface area contributed by atoms with E-state index >= 15 is 0 Å². The van der Waals surface area contributed by atoms with Crippen LogP contribution in [0.15, 0.2) is 0 Å². The van der Waals surface area contributed by atoms with Crippen molar-refractivity contribution in [1.29, 1.82) is 0 Å². The largest absolute Gasteiger partial charge is 0.379 e. The van der Waals surface area contributed by atoms with Crippen molar-refractivity contribution in [2.75, 3.05) is 26.3 Å². The first kappa shape index (κ1) is 11.7. The van der Waals surface area contributed by atoms with E-state index in [1.807, 2.05) is 4.90 Å². The molecule has 0 aromatic carbocycles. The highest BCUT2D eigenvalue weighted by atomic mass is 16.5. The highest BCUT2D eigenvalue weighted by Gasteiger charge is 2.33. The molecule has 0 spiro atoms. The van der Waals surface area contributed by atoms with Crippen molar-refractivity contribution in [2.24, 2.45) is 5.92 Å². The van der Waals surface area contributed by atoms with E-state index < -0.39 is 0 Å². The van der Waals surface area contributed by atoms with E-state index in [1.54, 1.807) is 0 Å². The first-order valence-electron chi connectivity index (χ1n) is 6.24. The average Bonchev–Trinajstić information content (AvgIpc) is 2.65. The molecule has 1 N–H and O–H groups in total. The van der Waals surface area contributed by atoms with Crippen LogP contribution in [0.25, 0.3) is 0 Å². The Morgan fingerprint density at radius 3 is 3.00 bits per heavy atom. The van der Waals surface area contributed by atoms with E-state index in [4.69, 9.17) is 4.74 Å². The van der Waals surface area contributed by atoms with Gasteiger partial charge in [-0.05, 0) is 32.1 Å². The van der Waals surface area contributed by atoms with E-state index in [-0.39, 0.29) is 11.6 Å². The van der Waals surface area contributed by atoms with Crippen LogP contribution in [0.4, 0.5) is 4.79 Å². The van der Waals surface area contributed by atoms with Crippen molar-refractivity contribution in [1.82, 2.24) is 10.2 Å². The van der Waals surface area contributed by atoms with Crippen LogP contribution < -0.4 is 5.32 Å². The predicted molar refractivity (Wildman–Crippen MR) is 62.3 cm³/mol. The molecule has 4 heteroatoms. The Balaban J connectivity index is 1.87. The summed E-state index contributed by atoms with van der Waals surface area (Å²) < 4.78 is 5.34. The van der Waals surface area contributed by atoms with Crippen LogP contribution in [-0.2, 0) is 4.74 Å². The van der Waals surface area contributed by atoms with Crippen LogP contribution in [-0.4, -0.2) is 42.8 Å². The summed E-state index contributed by atoms with van der Waals surface area (Å²) in [6.07, 6.45) is 3.29. The molecule has 16 heavy (non-hydrogen) atoms. The zero-order valence-corrected chi connectivity index (χ0v) is 10.3. The quantitative estimate of drug-likeness (QED) is 0.738. The number of nitrogens with one attached hydrogen (secondary N) is 1. The van der Waals surface area contributed by atoms with Crippen molar-refractivity contribution in [3.05, 3.63) is 0 Å². The molecule has 2 aliphatic heterocycles. The molecular formula is C12H22N2O2. The lowest BCUT2D eigenvalue weighted by Crippen LogP contribution is -2.53. The number of rotatable bonds is 1. The molecule has 2 atom stereocenters. The summed E-state index contributed by atoms with van der Waals surface area (Å²) >= 11 is 0. The van der Waals surface area contributed by atoms with Crippen molar-refractivity contribution >= 4 is 6.03 Å². The normalized spacial score (nSPS) is 35.1. The third-order valence-electron chi connectivity index (χ3n) is 3.57. The summed E-state index contributed by atoms with van der Waals surface area (Å²) in [6, 6.07) is 0.0829. The van der Waals surface area contributed by atoms with E-state index in [9.17, 15) is 4.79 Å². The van der Waals surface area contributed by atoms with Crippen LogP contribution in [0, 0.1) is 5.92 Å². The Kier molecular flexibility index (Phi) is 3.38.